The molecule has 3 fully saturated rings. The Morgan fingerprint density at radius 1 is 1.10 bits per heavy atom. The Labute approximate surface area is 187 Å². The molecule has 6 rings (SSSR count). The van der Waals surface area contributed by atoms with Crippen molar-refractivity contribution in [1.82, 2.24) is 15.0 Å². The molecule has 2 saturated heterocycles. The van der Waals surface area contributed by atoms with Crippen molar-refractivity contribution >= 4 is 23.4 Å². The van der Waals surface area contributed by atoms with Gasteiger partial charge in [-0.25, -0.2) is 15.0 Å². The van der Waals surface area contributed by atoms with Crippen molar-refractivity contribution in [3.63, 3.8) is 0 Å². The van der Waals surface area contributed by atoms with Crippen molar-refractivity contribution in [3.8, 4) is 5.75 Å². The molecule has 1 atom stereocenters. The van der Waals surface area contributed by atoms with Gasteiger partial charge in [0.2, 0.25) is 0 Å². The predicted octanol–water partition coefficient (Wildman–Crippen LogP) is 4.15. The average Bonchev–Trinajstić information content (AvgIpc) is 3.13. The maximum Gasteiger partial charge on any atom is 0.175 e. The minimum absolute atomic E-state index is 0.0976. The van der Waals surface area contributed by atoms with Crippen molar-refractivity contribution in [2.24, 2.45) is 5.41 Å². The summed E-state index contributed by atoms with van der Waals surface area (Å²) in [4.78, 5) is 17.3. The fourth-order valence-electron chi connectivity index (χ4n) is 5.35. The van der Waals surface area contributed by atoms with E-state index in [1.165, 1.54) is 25.7 Å². The number of hydrogen-bond donors (Lipinski definition) is 1. The van der Waals surface area contributed by atoms with E-state index in [9.17, 15) is 0 Å². The second-order valence-electron chi connectivity index (χ2n) is 9.66. The van der Waals surface area contributed by atoms with Crippen molar-refractivity contribution in [2.75, 3.05) is 36.5 Å². The summed E-state index contributed by atoms with van der Waals surface area (Å²) in [5, 5.41) is 4.48. The second-order valence-corrected chi connectivity index (χ2v) is 10.7. The molecule has 0 aromatic carbocycles. The standard InChI is InChI=1S/C23H29N5O2S/c1-16-11-22(14-29-16)6-9-28(10-7-22)18-12-26-19(13-25-18)31-17-3-8-24-21-20(17)30-15-23(27-21)4-2-5-23/h3,8,12-13,16H,2,4-7,9-11,14-15H2,1H3,(H,24,27)/t16-/m0/s1. The molecule has 0 unspecified atom stereocenters. The van der Waals surface area contributed by atoms with Gasteiger partial charge in [-0.15, -0.1) is 0 Å². The summed E-state index contributed by atoms with van der Waals surface area (Å²) >= 11 is 1.59. The van der Waals surface area contributed by atoms with Crippen LogP contribution >= 0.6 is 11.8 Å². The molecule has 8 heteroatoms. The highest BCUT2D eigenvalue weighted by Crippen LogP contribution is 2.46. The number of nitrogens with zero attached hydrogens (tertiary/aromatic N) is 4. The van der Waals surface area contributed by atoms with Crippen LogP contribution in [-0.4, -0.2) is 52.9 Å². The number of ether oxygens (including phenoxy) is 2. The zero-order valence-electron chi connectivity index (χ0n) is 18.0. The van der Waals surface area contributed by atoms with Crippen molar-refractivity contribution in [3.05, 3.63) is 24.7 Å². The molecular weight excluding hydrogens is 410 g/mol. The summed E-state index contributed by atoms with van der Waals surface area (Å²) in [6.07, 6.45) is 13.1. The largest absolute Gasteiger partial charge is 0.486 e. The predicted molar refractivity (Wildman–Crippen MR) is 120 cm³/mol. The maximum absolute atomic E-state index is 6.14. The highest BCUT2D eigenvalue weighted by molar-refractivity contribution is 7.99. The van der Waals surface area contributed by atoms with E-state index in [4.69, 9.17) is 19.4 Å². The van der Waals surface area contributed by atoms with Crippen LogP contribution in [0.3, 0.4) is 0 Å². The lowest BCUT2D eigenvalue weighted by molar-refractivity contribution is 0.0976. The highest BCUT2D eigenvalue weighted by atomic mass is 32.2. The molecule has 2 aromatic heterocycles. The Bertz CT molecular complexity index is 957. The first-order valence-corrected chi connectivity index (χ1v) is 12.2. The number of piperidine rings is 1. The summed E-state index contributed by atoms with van der Waals surface area (Å²) in [6.45, 7) is 5.86. The Kier molecular flexibility index (Phi) is 4.76. The number of nitrogens with one attached hydrogen (secondary N) is 1. The lowest BCUT2D eigenvalue weighted by atomic mass is 9.77. The molecule has 4 aliphatic rings. The summed E-state index contributed by atoms with van der Waals surface area (Å²) in [6, 6.07) is 1.99. The van der Waals surface area contributed by atoms with Crippen LogP contribution in [0.25, 0.3) is 0 Å². The average molecular weight is 440 g/mol. The lowest BCUT2D eigenvalue weighted by Gasteiger charge is -2.45. The minimum atomic E-state index is 0.0976. The Morgan fingerprint density at radius 3 is 2.65 bits per heavy atom. The third-order valence-electron chi connectivity index (χ3n) is 7.43. The topological polar surface area (TPSA) is 72.4 Å². The van der Waals surface area contributed by atoms with Gasteiger partial charge in [0.25, 0.3) is 0 Å². The van der Waals surface area contributed by atoms with Crippen LogP contribution in [0.4, 0.5) is 11.6 Å². The Morgan fingerprint density at radius 2 is 1.97 bits per heavy atom. The molecule has 1 saturated carbocycles. The summed E-state index contributed by atoms with van der Waals surface area (Å²) in [5.74, 6) is 2.66. The van der Waals surface area contributed by atoms with E-state index < -0.39 is 0 Å². The smallest absolute Gasteiger partial charge is 0.175 e. The minimum Gasteiger partial charge on any atom is -0.486 e. The van der Waals surface area contributed by atoms with E-state index in [1.807, 2.05) is 24.7 Å². The van der Waals surface area contributed by atoms with Gasteiger partial charge >= 0.3 is 0 Å². The van der Waals surface area contributed by atoms with Gasteiger partial charge < -0.3 is 19.7 Å². The summed E-state index contributed by atoms with van der Waals surface area (Å²) < 4.78 is 12.0. The number of hydrogen-bond acceptors (Lipinski definition) is 8. The van der Waals surface area contributed by atoms with Crippen LogP contribution in [-0.2, 0) is 4.74 Å². The van der Waals surface area contributed by atoms with E-state index in [2.05, 4.69) is 22.1 Å². The van der Waals surface area contributed by atoms with Gasteiger partial charge in [-0.05, 0) is 56.9 Å². The third kappa shape index (κ3) is 3.63. The third-order valence-corrected chi connectivity index (χ3v) is 8.39. The molecule has 2 spiro atoms. The molecule has 0 amide bonds. The van der Waals surface area contributed by atoms with Crippen LogP contribution in [0, 0.1) is 5.41 Å². The van der Waals surface area contributed by atoms with Crippen LogP contribution in [0.5, 0.6) is 5.75 Å². The van der Waals surface area contributed by atoms with Gasteiger partial charge in [0.15, 0.2) is 11.6 Å². The van der Waals surface area contributed by atoms with E-state index >= 15 is 0 Å². The summed E-state index contributed by atoms with van der Waals surface area (Å²) in [5.41, 5.74) is 0.478. The zero-order valence-corrected chi connectivity index (χ0v) is 18.8. The van der Waals surface area contributed by atoms with Gasteiger partial charge in [0.05, 0.1) is 35.5 Å². The Balaban J connectivity index is 1.12. The van der Waals surface area contributed by atoms with Gasteiger partial charge in [-0.3, -0.25) is 0 Å². The highest BCUT2D eigenvalue weighted by Gasteiger charge is 2.42. The van der Waals surface area contributed by atoms with Crippen LogP contribution in [0.2, 0.25) is 0 Å². The van der Waals surface area contributed by atoms with Gasteiger partial charge in [0, 0.05) is 19.3 Å². The van der Waals surface area contributed by atoms with E-state index in [0.717, 1.165) is 59.8 Å². The van der Waals surface area contributed by atoms with Crippen LogP contribution < -0.4 is 15.0 Å². The van der Waals surface area contributed by atoms with Gasteiger partial charge in [-0.1, -0.05) is 11.8 Å². The van der Waals surface area contributed by atoms with E-state index in [-0.39, 0.29) is 5.54 Å². The first-order valence-electron chi connectivity index (χ1n) is 11.4. The Hall–Kier alpha value is -2.06. The first-order chi connectivity index (χ1) is 15.1. The first kappa shape index (κ1) is 19.6. The van der Waals surface area contributed by atoms with Crippen LogP contribution in [0.15, 0.2) is 34.6 Å². The van der Waals surface area contributed by atoms with Crippen molar-refractivity contribution in [2.45, 2.75) is 67.0 Å². The monoisotopic (exact) mass is 439 g/mol. The molecule has 164 valence electrons. The molecule has 1 aliphatic carbocycles. The fraction of sp³-hybridized carbons (Fsp3) is 0.609. The molecule has 3 aliphatic heterocycles. The molecule has 5 heterocycles. The van der Waals surface area contributed by atoms with Crippen molar-refractivity contribution < 1.29 is 9.47 Å². The SMILES string of the molecule is C[C@H]1CC2(CCN(c3cnc(Sc4ccnc5c4OCC4(CCC4)N5)cn3)CC2)CO1. The molecule has 0 radical (unpaired) electrons. The molecule has 7 nitrogen and oxygen atoms in total. The molecular formula is C23H29N5O2S. The normalized spacial score (nSPS) is 25.6. The second kappa shape index (κ2) is 7.52. The molecule has 2 aromatic rings. The van der Waals surface area contributed by atoms with Gasteiger partial charge in [0.1, 0.15) is 17.5 Å². The van der Waals surface area contributed by atoms with Crippen LogP contribution in [0.1, 0.15) is 45.4 Å². The number of rotatable bonds is 3. The number of pyridine rings is 1. The zero-order chi connectivity index (χ0) is 20.9. The number of anilines is 2. The summed E-state index contributed by atoms with van der Waals surface area (Å²) in [7, 11) is 0. The molecule has 1 N–H and O–H groups in total. The van der Waals surface area contributed by atoms with E-state index in [1.54, 1.807) is 11.8 Å². The quantitative estimate of drug-likeness (QED) is 0.765. The number of fused-ring (bicyclic) bond motifs is 1. The molecule has 0 bridgehead atoms. The molecule has 31 heavy (non-hydrogen) atoms. The lowest BCUT2D eigenvalue weighted by Crippen LogP contribution is -2.52. The maximum atomic E-state index is 6.14. The van der Waals surface area contributed by atoms with Crippen molar-refractivity contribution in [1.29, 1.82) is 0 Å². The van der Waals surface area contributed by atoms with E-state index in [0.29, 0.717) is 18.1 Å². The number of aromatic nitrogens is 3. The fourth-order valence-corrected chi connectivity index (χ4v) is 6.17. The van der Waals surface area contributed by atoms with Gasteiger partial charge in [-0.2, -0.15) is 0 Å².